The van der Waals surface area contributed by atoms with Gasteiger partial charge in [0.25, 0.3) is 0 Å². The maximum absolute atomic E-state index is 9.89. The van der Waals surface area contributed by atoms with Crippen molar-refractivity contribution in [1.82, 2.24) is 0 Å². The van der Waals surface area contributed by atoms with Crippen LogP contribution in [-0.2, 0) is 6.61 Å². The summed E-state index contributed by atoms with van der Waals surface area (Å²) in [7, 11) is 0. The lowest BCUT2D eigenvalue weighted by Crippen LogP contribution is -1.78. The van der Waals surface area contributed by atoms with Gasteiger partial charge in [0.1, 0.15) is 5.69 Å². The molecule has 0 spiro atoms. The topological polar surface area (TPSA) is 49.7 Å². The van der Waals surface area contributed by atoms with Crippen LogP contribution in [-0.4, -0.2) is 5.11 Å². The van der Waals surface area contributed by atoms with E-state index in [4.69, 9.17) is 5.11 Å². The predicted octanol–water partition coefficient (Wildman–Crippen LogP) is 1.58. The molecule has 0 fully saturated rings. The fourth-order valence-corrected chi connectivity index (χ4v) is 0.662. The molecular formula is C7H7NO2. The summed E-state index contributed by atoms with van der Waals surface area (Å²) >= 11 is 0. The fraction of sp³-hybridized carbons (Fsp3) is 0.143. The lowest BCUT2D eigenvalue weighted by Gasteiger charge is -1.92. The van der Waals surface area contributed by atoms with Gasteiger partial charge < -0.3 is 5.11 Å². The second kappa shape index (κ2) is 3.08. The molecule has 3 nitrogen and oxygen atoms in total. The zero-order chi connectivity index (χ0) is 7.40. The molecule has 52 valence electrons. The van der Waals surface area contributed by atoms with Gasteiger partial charge in [-0.25, -0.2) is 0 Å². The average Bonchev–Trinajstić information content (AvgIpc) is 2.05. The quantitative estimate of drug-likeness (QED) is 0.629. The van der Waals surface area contributed by atoms with Crippen LogP contribution in [0.2, 0.25) is 0 Å². The summed E-state index contributed by atoms with van der Waals surface area (Å²) in [5.41, 5.74) is 1.17. The largest absolute Gasteiger partial charge is 0.392 e. The first kappa shape index (κ1) is 6.89. The van der Waals surface area contributed by atoms with Crippen molar-refractivity contribution in [2.45, 2.75) is 6.61 Å². The third-order valence-electron chi connectivity index (χ3n) is 1.22. The molecule has 1 aromatic rings. The Kier molecular flexibility index (Phi) is 2.12. The lowest BCUT2D eigenvalue weighted by atomic mass is 10.2. The van der Waals surface area contributed by atoms with Crippen LogP contribution < -0.4 is 0 Å². The summed E-state index contributed by atoms with van der Waals surface area (Å²) in [6.07, 6.45) is 0. The van der Waals surface area contributed by atoms with Crippen molar-refractivity contribution in [2.75, 3.05) is 0 Å². The summed E-state index contributed by atoms with van der Waals surface area (Å²) in [4.78, 5) is 9.89. The predicted molar refractivity (Wildman–Crippen MR) is 37.8 cm³/mol. The van der Waals surface area contributed by atoms with Crippen molar-refractivity contribution in [2.24, 2.45) is 5.18 Å². The number of nitroso groups, excluding NO2 is 1. The molecular weight excluding hydrogens is 130 g/mol. The Hall–Kier alpha value is -1.22. The first-order valence-corrected chi connectivity index (χ1v) is 2.90. The molecule has 1 N–H and O–H groups in total. The smallest absolute Gasteiger partial charge is 0.108 e. The van der Waals surface area contributed by atoms with E-state index in [0.717, 1.165) is 5.56 Å². The minimum atomic E-state index is -0.000856. The van der Waals surface area contributed by atoms with Gasteiger partial charge in [0.2, 0.25) is 0 Å². The van der Waals surface area contributed by atoms with Gasteiger partial charge in [0.15, 0.2) is 0 Å². The Balaban J connectivity index is 2.90. The van der Waals surface area contributed by atoms with Crippen LogP contribution in [0.4, 0.5) is 5.69 Å². The summed E-state index contributed by atoms with van der Waals surface area (Å²) in [6, 6.07) is 6.46. The molecule has 1 rings (SSSR count). The Morgan fingerprint density at radius 3 is 2.30 bits per heavy atom. The Morgan fingerprint density at radius 1 is 1.30 bits per heavy atom. The zero-order valence-electron chi connectivity index (χ0n) is 5.32. The number of aliphatic hydroxyl groups excluding tert-OH is 1. The summed E-state index contributed by atoms with van der Waals surface area (Å²) in [6.45, 7) is -0.000856. The minimum Gasteiger partial charge on any atom is -0.392 e. The first-order valence-electron chi connectivity index (χ1n) is 2.90. The molecule has 0 unspecified atom stereocenters. The third kappa shape index (κ3) is 1.39. The van der Waals surface area contributed by atoms with Crippen LogP contribution in [0.5, 0.6) is 0 Å². The van der Waals surface area contributed by atoms with Gasteiger partial charge in [-0.15, -0.1) is 4.91 Å². The lowest BCUT2D eigenvalue weighted by molar-refractivity contribution is 0.282. The monoisotopic (exact) mass is 137 g/mol. The Morgan fingerprint density at radius 2 is 1.90 bits per heavy atom. The van der Waals surface area contributed by atoms with E-state index < -0.39 is 0 Å². The molecule has 0 atom stereocenters. The van der Waals surface area contributed by atoms with Crippen LogP contribution in [0, 0.1) is 4.91 Å². The number of nitrogens with zero attached hydrogens (tertiary/aromatic N) is 1. The van der Waals surface area contributed by atoms with E-state index in [1.807, 2.05) is 0 Å². The summed E-state index contributed by atoms with van der Waals surface area (Å²) in [5, 5.41) is 11.3. The Labute approximate surface area is 58.3 Å². The highest BCUT2D eigenvalue weighted by atomic mass is 16.3. The zero-order valence-corrected chi connectivity index (χ0v) is 5.32. The molecule has 0 aliphatic rings. The van der Waals surface area contributed by atoms with Crippen molar-refractivity contribution in [3.8, 4) is 0 Å². The van der Waals surface area contributed by atoms with E-state index in [1.165, 1.54) is 0 Å². The van der Waals surface area contributed by atoms with Crippen LogP contribution in [0.25, 0.3) is 0 Å². The first-order chi connectivity index (χ1) is 4.86. The van der Waals surface area contributed by atoms with Gasteiger partial charge in [-0.2, -0.15) is 0 Å². The van der Waals surface area contributed by atoms with E-state index in [0.29, 0.717) is 5.69 Å². The van der Waals surface area contributed by atoms with Crippen molar-refractivity contribution in [1.29, 1.82) is 0 Å². The molecule has 0 aliphatic carbocycles. The van der Waals surface area contributed by atoms with Gasteiger partial charge in [0, 0.05) is 0 Å². The Bertz CT molecular complexity index is 218. The van der Waals surface area contributed by atoms with Crippen LogP contribution >= 0.6 is 0 Å². The third-order valence-corrected chi connectivity index (χ3v) is 1.22. The van der Waals surface area contributed by atoms with E-state index in [9.17, 15) is 4.91 Å². The fourth-order valence-electron chi connectivity index (χ4n) is 0.662. The van der Waals surface area contributed by atoms with Gasteiger partial charge in [-0.1, -0.05) is 12.1 Å². The molecule has 0 saturated heterocycles. The number of benzene rings is 1. The van der Waals surface area contributed by atoms with Crippen LogP contribution in [0.1, 0.15) is 5.56 Å². The molecule has 3 heteroatoms. The highest BCUT2D eigenvalue weighted by Crippen LogP contribution is 2.11. The van der Waals surface area contributed by atoms with Crippen molar-refractivity contribution < 1.29 is 5.11 Å². The highest BCUT2D eigenvalue weighted by Gasteiger charge is 1.90. The molecule has 0 amide bonds. The molecule has 0 bridgehead atoms. The normalized spacial score (nSPS) is 9.30. The van der Waals surface area contributed by atoms with E-state index in [-0.39, 0.29) is 6.61 Å². The average molecular weight is 137 g/mol. The number of rotatable bonds is 2. The van der Waals surface area contributed by atoms with Crippen LogP contribution in [0.3, 0.4) is 0 Å². The van der Waals surface area contributed by atoms with Crippen molar-refractivity contribution >= 4 is 5.69 Å². The van der Waals surface area contributed by atoms with Crippen LogP contribution in [0.15, 0.2) is 29.4 Å². The second-order valence-electron chi connectivity index (χ2n) is 1.92. The van der Waals surface area contributed by atoms with E-state index in [1.54, 1.807) is 24.3 Å². The minimum absolute atomic E-state index is 0.000856. The SMILES string of the molecule is O=Nc1ccc(CO)cc1. The molecule has 10 heavy (non-hydrogen) atoms. The highest BCUT2D eigenvalue weighted by molar-refractivity contribution is 5.38. The maximum Gasteiger partial charge on any atom is 0.108 e. The van der Waals surface area contributed by atoms with Gasteiger partial charge in [0.05, 0.1) is 6.61 Å². The molecule has 0 saturated carbocycles. The van der Waals surface area contributed by atoms with Gasteiger partial charge in [-0.05, 0) is 22.9 Å². The molecule has 1 aromatic carbocycles. The second-order valence-corrected chi connectivity index (χ2v) is 1.92. The summed E-state index contributed by atoms with van der Waals surface area (Å²) < 4.78 is 0. The summed E-state index contributed by atoms with van der Waals surface area (Å²) in [5.74, 6) is 0. The van der Waals surface area contributed by atoms with E-state index in [2.05, 4.69) is 5.18 Å². The van der Waals surface area contributed by atoms with E-state index >= 15 is 0 Å². The molecule has 0 aromatic heterocycles. The molecule has 0 radical (unpaired) electrons. The molecule has 0 aliphatic heterocycles. The van der Waals surface area contributed by atoms with Crippen molar-refractivity contribution in [3.05, 3.63) is 34.7 Å². The number of hydrogen-bond donors (Lipinski definition) is 1. The van der Waals surface area contributed by atoms with Gasteiger partial charge >= 0.3 is 0 Å². The molecule has 0 heterocycles. The standard InChI is InChI=1S/C7H7NO2/c9-5-6-1-3-7(8-10)4-2-6/h1-4,9H,5H2. The van der Waals surface area contributed by atoms with Crippen molar-refractivity contribution in [3.63, 3.8) is 0 Å². The maximum atomic E-state index is 9.89. The van der Waals surface area contributed by atoms with Gasteiger partial charge in [-0.3, -0.25) is 0 Å². The number of hydrogen-bond acceptors (Lipinski definition) is 3. The number of aliphatic hydroxyl groups is 1.